The Labute approximate surface area is 203 Å². The summed E-state index contributed by atoms with van der Waals surface area (Å²) in [4.78, 5) is 53.0. The third-order valence-electron chi connectivity index (χ3n) is 6.37. The molecule has 5 heterocycles. The minimum Gasteiger partial charge on any atom is -0.353 e. The van der Waals surface area contributed by atoms with Crippen molar-refractivity contribution in [2.24, 2.45) is 14.1 Å². The van der Waals surface area contributed by atoms with Crippen LogP contribution in [0.1, 0.15) is 32.7 Å². The van der Waals surface area contributed by atoms with E-state index in [2.05, 4.69) is 42.3 Å². The number of fused-ring (bicyclic) bond motifs is 1. The SMILES string of the molecule is CC1CCCN1c1ncncc1-c1nnc(NC(=O)C(C)n2cnc3c2c(=O)n(C)c(=O)n3C)s1. The standard InChI is InChI=1S/C21H24N10O3S/c1-11-6-5-7-30(11)15-13(8-22-9-23-15)18-26-27-20(35-18)25-17(32)12(2)31-10-24-16-14(31)19(33)29(4)21(34)28(16)3/h8-12H,5-7H2,1-4H3,(H,25,27,32). The summed E-state index contributed by atoms with van der Waals surface area (Å²) in [6.07, 6.45) is 6.80. The highest BCUT2D eigenvalue weighted by Gasteiger charge is 2.27. The summed E-state index contributed by atoms with van der Waals surface area (Å²) in [6.45, 7) is 4.72. The highest BCUT2D eigenvalue weighted by Crippen LogP contribution is 2.35. The molecule has 0 radical (unpaired) electrons. The summed E-state index contributed by atoms with van der Waals surface area (Å²) < 4.78 is 3.71. The number of aryl methyl sites for hydroxylation is 1. The summed E-state index contributed by atoms with van der Waals surface area (Å²) in [5.74, 6) is 0.402. The van der Waals surface area contributed by atoms with Crippen LogP contribution in [-0.2, 0) is 18.9 Å². The smallest absolute Gasteiger partial charge is 0.332 e. The van der Waals surface area contributed by atoms with E-state index in [0.717, 1.165) is 35.3 Å². The minimum absolute atomic E-state index is 0.168. The van der Waals surface area contributed by atoms with Crippen LogP contribution in [0.25, 0.3) is 21.7 Å². The Kier molecular flexibility index (Phi) is 5.67. The fourth-order valence-corrected chi connectivity index (χ4v) is 5.08. The number of amides is 1. The van der Waals surface area contributed by atoms with Gasteiger partial charge in [0.2, 0.25) is 11.0 Å². The van der Waals surface area contributed by atoms with E-state index in [4.69, 9.17) is 0 Å². The van der Waals surface area contributed by atoms with Gasteiger partial charge in [-0.05, 0) is 26.7 Å². The number of nitrogens with one attached hydrogen (secondary N) is 1. The van der Waals surface area contributed by atoms with Crippen molar-refractivity contribution < 1.29 is 4.79 Å². The zero-order chi connectivity index (χ0) is 24.9. The fourth-order valence-electron chi connectivity index (χ4n) is 4.33. The number of anilines is 2. The molecule has 1 saturated heterocycles. The first-order valence-electron chi connectivity index (χ1n) is 11.1. The molecular formula is C21H24N10O3S. The van der Waals surface area contributed by atoms with Gasteiger partial charge in [-0.3, -0.25) is 24.0 Å². The number of hydrogen-bond acceptors (Lipinski definition) is 10. The maximum atomic E-state index is 13.0. The molecule has 182 valence electrons. The third-order valence-corrected chi connectivity index (χ3v) is 7.24. The molecule has 1 aliphatic heterocycles. The van der Waals surface area contributed by atoms with Gasteiger partial charge in [-0.25, -0.2) is 19.7 Å². The maximum absolute atomic E-state index is 13.0. The largest absolute Gasteiger partial charge is 0.353 e. The van der Waals surface area contributed by atoms with Gasteiger partial charge in [-0.1, -0.05) is 11.3 Å². The summed E-state index contributed by atoms with van der Waals surface area (Å²) in [7, 11) is 2.92. The number of carbonyl (C=O) groups excluding carboxylic acids is 1. The molecule has 5 rings (SSSR count). The Bertz CT molecular complexity index is 1550. The molecule has 14 heteroatoms. The maximum Gasteiger partial charge on any atom is 0.332 e. The average Bonchev–Trinajstić information content (AvgIpc) is 3.60. The molecule has 2 atom stereocenters. The van der Waals surface area contributed by atoms with E-state index < -0.39 is 23.2 Å². The van der Waals surface area contributed by atoms with Gasteiger partial charge >= 0.3 is 5.69 Å². The number of nitrogens with zero attached hydrogens (tertiary/aromatic N) is 9. The number of carbonyl (C=O) groups is 1. The molecule has 0 aliphatic carbocycles. The number of rotatable bonds is 5. The molecule has 1 fully saturated rings. The Balaban J connectivity index is 1.41. The van der Waals surface area contributed by atoms with Crippen molar-refractivity contribution in [2.75, 3.05) is 16.8 Å². The molecule has 13 nitrogen and oxygen atoms in total. The first-order valence-corrected chi connectivity index (χ1v) is 11.9. The van der Waals surface area contributed by atoms with Crippen LogP contribution in [0, 0.1) is 0 Å². The van der Waals surface area contributed by atoms with Crippen molar-refractivity contribution in [1.29, 1.82) is 0 Å². The van der Waals surface area contributed by atoms with Crippen LogP contribution in [0.4, 0.5) is 10.9 Å². The quantitative estimate of drug-likeness (QED) is 0.426. The predicted octanol–water partition coefficient (Wildman–Crippen LogP) is 0.931. The molecular weight excluding hydrogens is 472 g/mol. The van der Waals surface area contributed by atoms with E-state index in [1.54, 1.807) is 13.1 Å². The first-order chi connectivity index (χ1) is 16.8. The predicted molar refractivity (Wildman–Crippen MR) is 131 cm³/mol. The summed E-state index contributed by atoms with van der Waals surface area (Å²) >= 11 is 1.22. The molecule has 2 unspecified atom stereocenters. The third kappa shape index (κ3) is 3.79. The molecule has 0 bridgehead atoms. The van der Waals surface area contributed by atoms with Crippen LogP contribution in [0.15, 0.2) is 28.4 Å². The van der Waals surface area contributed by atoms with Crippen molar-refractivity contribution in [3.05, 3.63) is 39.7 Å². The molecule has 0 aromatic carbocycles. The molecule has 1 amide bonds. The van der Waals surface area contributed by atoms with Crippen LogP contribution in [-0.4, -0.2) is 57.3 Å². The number of aromatic nitrogens is 8. The Morgan fingerprint density at radius 2 is 2.00 bits per heavy atom. The molecule has 0 saturated carbocycles. The lowest BCUT2D eigenvalue weighted by Crippen LogP contribution is -2.38. The zero-order valence-electron chi connectivity index (χ0n) is 19.7. The normalized spacial score (nSPS) is 16.7. The summed E-state index contributed by atoms with van der Waals surface area (Å²) in [6, 6.07) is -0.424. The second kappa shape index (κ2) is 8.69. The van der Waals surface area contributed by atoms with Crippen LogP contribution >= 0.6 is 11.3 Å². The lowest BCUT2D eigenvalue weighted by molar-refractivity contribution is -0.118. The van der Waals surface area contributed by atoms with Crippen LogP contribution in [0.3, 0.4) is 0 Å². The van der Waals surface area contributed by atoms with Crippen molar-refractivity contribution in [1.82, 2.24) is 38.9 Å². The second-order valence-electron chi connectivity index (χ2n) is 8.55. The summed E-state index contributed by atoms with van der Waals surface area (Å²) in [5, 5.41) is 12.1. The van der Waals surface area contributed by atoms with E-state index in [-0.39, 0.29) is 11.2 Å². The van der Waals surface area contributed by atoms with Crippen molar-refractivity contribution in [3.63, 3.8) is 0 Å². The van der Waals surface area contributed by atoms with E-state index in [0.29, 0.717) is 16.2 Å². The summed E-state index contributed by atoms with van der Waals surface area (Å²) in [5.41, 5.74) is 0.132. The number of hydrogen-bond donors (Lipinski definition) is 1. The lowest BCUT2D eigenvalue weighted by atomic mass is 10.2. The van der Waals surface area contributed by atoms with Gasteiger partial charge in [-0.15, -0.1) is 10.2 Å². The Morgan fingerprint density at radius 1 is 1.20 bits per heavy atom. The monoisotopic (exact) mass is 496 g/mol. The molecule has 4 aromatic heterocycles. The second-order valence-corrected chi connectivity index (χ2v) is 9.53. The molecule has 1 aliphatic rings. The zero-order valence-corrected chi connectivity index (χ0v) is 20.5. The highest BCUT2D eigenvalue weighted by atomic mass is 32.1. The van der Waals surface area contributed by atoms with Crippen molar-refractivity contribution in [3.8, 4) is 10.6 Å². The van der Waals surface area contributed by atoms with Crippen LogP contribution in [0.5, 0.6) is 0 Å². The van der Waals surface area contributed by atoms with Crippen molar-refractivity contribution >= 4 is 39.4 Å². The van der Waals surface area contributed by atoms with Crippen molar-refractivity contribution in [2.45, 2.75) is 38.8 Å². The lowest BCUT2D eigenvalue weighted by Gasteiger charge is -2.23. The topological polar surface area (TPSA) is 146 Å². The molecule has 4 aromatic rings. The molecule has 1 N–H and O–H groups in total. The van der Waals surface area contributed by atoms with Gasteiger partial charge in [0.15, 0.2) is 16.2 Å². The van der Waals surface area contributed by atoms with Gasteiger partial charge in [-0.2, -0.15) is 0 Å². The number of imidazole rings is 1. The molecule has 35 heavy (non-hydrogen) atoms. The van der Waals surface area contributed by atoms with Crippen LogP contribution in [0.2, 0.25) is 0 Å². The highest BCUT2D eigenvalue weighted by molar-refractivity contribution is 7.18. The van der Waals surface area contributed by atoms with Gasteiger partial charge in [0.25, 0.3) is 5.56 Å². The van der Waals surface area contributed by atoms with E-state index in [1.807, 2.05) is 0 Å². The van der Waals surface area contributed by atoms with E-state index >= 15 is 0 Å². The molecule has 0 spiro atoms. The Morgan fingerprint density at radius 3 is 2.74 bits per heavy atom. The van der Waals surface area contributed by atoms with E-state index in [9.17, 15) is 14.4 Å². The fraction of sp³-hybridized carbons (Fsp3) is 0.429. The van der Waals surface area contributed by atoms with Gasteiger partial charge in [0, 0.05) is 32.9 Å². The van der Waals surface area contributed by atoms with E-state index in [1.165, 1.54) is 47.2 Å². The van der Waals surface area contributed by atoms with Gasteiger partial charge < -0.3 is 9.47 Å². The minimum atomic E-state index is -0.793. The van der Waals surface area contributed by atoms with Gasteiger partial charge in [0.1, 0.15) is 18.2 Å². The Hall–Kier alpha value is -3.94. The van der Waals surface area contributed by atoms with Gasteiger partial charge in [0.05, 0.1) is 11.9 Å². The first kappa shape index (κ1) is 22.8. The average molecular weight is 497 g/mol. The van der Waals surface area contributed by atoms with Crippen LogP contribution < -0.4 is 21.5 Å².